The van der Waals surface area contributed by atoms with Crippen LogP contribution in [0, 0.1) is 11.8 Å². The molecule has 0 N–H and O–H groups in total. The quantitative estimate of drug-likeness (QED) is 0.0352. The molecule has 0 aliphatic heterocycles. The van der Waals surface area contributed by atoms with Crippen LogP contribution in [0.15, 0.2) is 0 Å². The van der Waals surface area contributed by atoms with Crippen molar-refractivity contribution in [3.05, 3.63) is 0 Å². The van der Waals surface area contributed by atoms with Gasteiger partial charge in [-0.2, -0.15) is 0 Å². The van der Waals surface area contributed by atoms with Crippen LogP contribution in [0.1, 0.15) is 253 Å². The lowest BCUT2D eigenvalue weighted by Crippen LogP contribution is -2.30. The van der Waals surface area contributed by atoms with E-state index in [0.717, 1.165) is 69.6 Å². The summed E-state index contributed by atoms with van der Waals surface area (Å²) in [5, 5.41) is 0. The number of rotatable bonds is 41. The molecule has 0 aliphatic carbocycles. The minimum Gasteiger partial charge on any atom is -0.462 e. The maximum atomic E-state index is 12.7. The van der Waals surface area contributed by atoms with E-state index < -0.39 is 6.10 Å². The Morgan fingerprint density at radius 3 is 1.08 bits per heavy atom. The van der Waals surface area contributed by atoms with E-state index in [-0.39, 0.29) is 31.1 Å². The zero-order valence-corrected chi connectivity index (χ0v) is 36.1. The van der Waals surface area contributed by atoms with E-state index in [4.69, 9.17) is 14.2 Å². The first-order valence-corrected chi connectivity index (χ1v) is 23.3. The zero-order chi connectivity index (χ0) is 39.0. The summed E-state index contributed by atoms with van der Waals surface area (Å²) in [6.45, 7) is 11.3. The average Bonchev–Trinajstić information content (AvgIpc) is 3.14. The lowest BCUT2D eigenvalue weighted by molar-refractivity contribution is -0.167. The predicted octanol–water partition coefficient (Wildman–Crippen LogP) is 14.6. The molecule has 0 bridgehead atoms. The summed E-state index contributed by atoms with van der Waals surface area (Å²) < 4.78 is 16.7. The van der Waals surface area contributed by atoms with E-state index in [2.05, 4.69) is 34.6 Å². The van der Waals surface area contributed by atoms with Crippen LogP contribution < -0.4 is 0 Å². The highest BCUT2D eigenvalue weighted by Crippen LogP contribution is 2.17. The van der Waals surface area contributed by atoms with Crippen LogP contribution in [0.5, 0.6) is 0 Å². The van der Waals surface area contributed by atoms with Crippen LogP contribution in [0.2, 0.25) is 0 Å². The molecule has 0 saturated carbocycles. The first kappa shape index (κ1) is 51.4. The molecule has 1 unspecified atom stereocenters. The van der Waals surface area contributed by atoms with Gasteiger partial charge in [-0.1, -0.05) is 214 Å². The Morgan fingerprint density at radius 1 is 0.396 bits per heavy atom. The lowest BCUT2D eigenvalue weighted by Gasteiger charge is -2.18. The predicted molar refractivity (Wildman–Crippen MR) is 224 cm³/mol. The van der Waals surface area contributed by atoms with Crippen molar-refractivity contribution in [1.29, 1.82) is 0 Å². The Balaban J connectivity index is 4.32. The van der Waals surface area contributed by atoms with Crippen molar-refractivity contribution < 1.29 is 28.6 Å². The maximum Gasteiger partial charge on any atom is 0.306 e. The van der Waals surface area contributed by atoms with Gasteiger partial charge in [-0.25, -0.2) is 0 Å². The van der Waals surface area contributed by atoms with Gasteiger partial charge < -0.3 is 14.2 Å². The molecule has 0 fully saturated rings. The van der Waals surface area contributed by atoms with Crippen LogP contribution in [0.25, 0.3) is 0 Å². The second kappa shape index (κ2) is 40.1. The molecule has 6 nitrogen and oxygen atoms in total. The highest BCUT2D eigenvalue weighted by Gasteiger charge is 2.19. The Morgan fingerprint density at radius 2 is 0.717 bits per heavy atom. The second-order valence-corrected chi connectivity index (χ2v) is 16.8. The molecule has 0 aromatic carbocycles. The fourth-order valence-electron chi connectivity index (χ4n) is 6.90. The van der Waals surface area contributed by atoms with E-state index >= 15 is 0 Å². The topological polar surface area (TPSA) is 78.9 Å². The van der Waals surface area contributed by atoms with Crippen molar-refractivity contribution in [1.82, 2.24) is 0 Å². The summed E-state index contributed by atoms with van der Waals surface area (Å²) in [5.74, 6) is 0.812. The molecule has 53 heavy (non-hydrogen) atoms. The standard InChI is InChI=1S/C47H90O6/c1-6-8-9-10-11-15-22-27-32-37-45(48)51-40-44(53-47(50)39-34-29-24-19-18-21-26-31-36-43(5)7-2)41-52-46(49)38-33-28-23-17-14-12-13-16-20-25-30-35-42(3)4/h42-44H,6-41H2,1-5H3/t43?,44-/m0/s1. The van der Waals surface area contributed by atoms with Crippen LogP contribution >= 0.6 is 0 Å². The summed E-state index contributed by atoms with van der Waals surface area (Å²) in [6, 6.07) is 0. The van der Waals surface area contributed by atoms with Crippen molar-refractivity contribution in [3.8, 4) is 0 Å². The van der Waals surface area contributed by atoms with E-state index in [1.54, 1.807) is 0 Å². The number of hydrogen-bond donors (Lipinski definition) is 0. The molecule has 0 spiro atoms. The van der Waals surface area contributed by atoms with Gasteiger partial charge in [0.15, 0.2) is 6.10 Å². The Hall–Kier alpha value is -1.59. The van der Waals surface area contributed by atoms with E-state index in [9.17, 15) is 14.4 Å². The lowest BCUT2D eigenvalue weighted by atomic mass is 9.99. The molecule has 314 valence electrons. The Bertz CT molecular complexity index is 811. The summed E-state index contributed by atoms with van der Waals surface area (Å²) >= 11 is 0. The summed E-state index contributed by atoms with van der Waals surface area (Å²) in [7, 11) is 0. The molecular formula is C47H90O6. The van der Waals surface area contributed by atoms with Crippen LogP contribution in [-0.2, 0) is 28.6 Å². The fraction of sp³-hybridized carbons (Fsp3) is 0.936. The molecule has 0 saturated heterocycles. The van der Waals surface area contributed by atoms with Crippen molar-refractivity contribution in [2.24, 2.45) is 11.8 Å². The smallest absolute Gasteiger partial charge is 0.306 e. The van der Waals surface area contributed by atoms with Gasteiger partial charge in [0.2, 0.25) is 0 Å². The van der Waals surface area contributed by atoms with Gasteiger partial charge in [0, 0.05) is 19.3 Å². The normalized spacial score (nSPS) is 12.6. The SMILES string of the molecule is CCCCCCCCCCCC(=O)OC[C@@H](COC(=O)CCCCCCCCCCCCCC(C)C)OC(=O)CCCCCCCCCCC(C)CC. The summed E-state index contributed by atoms with van der Waals surface area (Å²) in [4.78, 5) is 37.7. The molecule has 0 aromatic heterocycles. The van der Waals surface area contributed by atoms with Crippen molar-refractivity contribution in [3.63, 3.8) is 0 Å². The fourth-order valence-corrected chi connectivity index (χ4v) is 6.90. The van der Waals surface area contributed by atoms with E-state index in [0.29, 0.717) is 19.3 Å². The minimum absolute atomic E-state index is 0.0651. The number of carbonyl (C=O) groups is 3. The molecular weight excluding hydrogens is 661 g/mol. The number of hydrogen-bond acceptors (Lipinski definition) is 6. The molecule has 0 radical (unpaired) electrons. The number of esters is 3. The van der Waals surface area contributed by atoms with Crippen LogP contribution in [-0.4, -0.2) is 37.2 Å². The van der Waals surface area contributed by atoms with E-state index in [1.807, 2.05) is 0 Å². The van der Waals surface area contributed by atoms with Crippen molar-refractivity contribution in [2.75, 3.05) is 13.2 Å². The van der Waals surface area contributed by atoms with Gasteiger partial charge in [0.1, 0.15) is 13.2 Å². The second-order valence-electron chi connectivity index (χ2n) is 16.8. The van der Waals surface area contributed by atoms with Crippen LogP contribution in [0.4, 0.5) is 0 Å². The van der Waals surface area contributed by atoms with Gasteiger partial charge in [-0.3, -0.25) is 14.4 Å². The van der Waals surface area contributed by atoms with Gasteiger partial charge in [0.05, 0.1) is 0 Å². The molecule has 0 aromatic rings. The molecule has 0 amide bonds. The van der Waals surface area contributed by atoms with Crippen LogP contribution in [0.3, 0.4) is 0 Å². The highest BCUT2D eigenvalue weighted by atomic mass is 16.6. The molecule has 0 aliphatic rings. The maximum absolute atomic E-state index is 12.7. The number of unbranched alkanes of at least 4 members (excludes halogenated alkanes) is 25. The summed E-state index contributed by atoms with van der Waals surface area (Å²) in [5.41, 5.74) is 0. The Labute approximate surface area is 329 Å². The minimum atomic E-state index is -0.760. The van der Waals surface area contributed by atoms with E-state index in [1.165, 1.54) is 141 Å². The van der Waals surface area contributed by atoms with Crippen molar-refractivity contribution in [2.45, 2.75) is 259 Å². The molecule has 0 heterocycles. The third-order valence-electron chi connectivity index (χ3n) is 10.8. The third kappa shape index (κ3) is 39.9. The van der Waals surface area contributed by atoms with Gasteiger partial charge in [0.25, 0.3) is 0 Å². The Kier molecular flexibility index (Phi) is 38.9. The third-order valence-corrected chi connectivity index (χ3v) is 10.8. The zero-order valence-electron chi connectivity index (χ0n) is 36.1. The largest absolute Gasteiger partial charge is 0.462 e. The number of ether oxygens (including phenoxy) is 3. The van der Waals surface area contributed by atoms with Gasteiger partial charge in [-0.05, 0) is 31.1 Å². The average molecular weight is 751 g/mol. The first-order chi connectivity index (χ1) is 25.8. The number of carbonyl (C=O) groups excluding carboxylic acids is 3. The van der Waals surface area contributed by atoms with Gasteiger partial charge in [-0.15, -0.1) is 0 Å². The molecule has 6 heteroatoms. The first-order valence-electron chi connectivity index (χ1n) is 23.3. The highest BCUT2D eigenvalue weighted by molar-refractivity contribution is 5.71. The van der Waals surface area contributed by atoms with Crippen molar-refractivity contribution >= 4 is 17.9 Å². The van der Waals surface area contributed by atoms with Gasteiger partial charge >= 0.3 is 17.9 Å². The monoisotopic (exact) mass is 751 g/mol. The molecule has 2 atom stereocenters. The summed E-state index contributed by atoms with van der Waals surface area (Å²) in [6.07, 6.45) is 38.0. The molecule has 0 rings (SSSR count).